The second-order valence-electron chi connectivity index (χ2n) is 4.75. The van der Waals surface area contributed by atoms with Gasteiger partial charge in [0.2, 0.25) is 0 Å². The van der Waals surface area contributed by atoms with E-state index in [1.165, 1.54) is 16.0 Å². The van der Waals surface area contributed by atoms with E-state index in [0.29, 0.717) is 6.42 Å². The highest BCUT2D eigenvalue weighted by Gasteiger charge is 2.07. The number of thioether (sulfide) groups is 1. The number of hydrogen-bond donors (Lipinski definition) is 0. The molecule has 0 unspecified atom stereocenters. The standard InChI is InChI=1S/C17H18OS/c1-12-4-5-14(10-13(12)2)11-17(18)15-6-8-16(19-3)9-7-15/h4-10H,11H2,1-3H3. The van der Waals surface area contributed by atoms with Crippen LogP contribution in [0, 0.1) is 13.8 Å². The van der Waals surface area contributed by atoms with Crippen molar-refractivity contribution < 1.29 is 4.79 Å². The van der Waals surface area contributed by atoms with Gasteiger partial charge >= 0.3 is 0 Å². The molecule has 0 aliphatic heterocycles. The quantitative estimate of drug-likeness (QED) is 0.603. The van der Waals surface area contributed by atoms with Crippen molar-refractivity contribution >= 4 is 17.5 Å². The van der Waals surface area contributed by atoms with Crippen molar-refractivity contribution in [2.75, 3.05) is 6.26 Å². The molecule has 2 rings (SSSR count). The van der Waals surface area contributed by atoms with Gasteiger partial charge in [-0.1, -0.05) is 30.3 Å². The van der Waals surface area contributed by atoms with E-state index in [4.69, 9.17) is 0 Å². The highest BCUT2D eigenvalue weighted by atomic mass is 32.2. The van der Waals surface area contributed by atoms with Gasteiger partial charge in [0.25, 0.3) is 0 Å². The molecule has 0 fully saturated rings. The van der Waals surface area contributed by atoms with Crippen molar-refractivity contribution in [3.05, 3.63) is 64.7 Å². The van der Waals surface area contributed by atoms with Gasteiger partial charge in [0.1, 0.15) is 0 Å². The van der Waals surface area contributed by atoms with Gasteiger partial charge < -0.3 is 0 Å². The van der Waals surface area contributed by atoms with Crippen molar-refractivity contribution in [3.8, 4) is 0 Å². The van der Waals surface area contributed by atoms with E-state index in [2.05, 4.69) is 26.0 Å². The van der Waals surface area contributed by atoms with Crippen molar-refractivity contribution in [3.63, 3.8) is 0 Å². The highest BCUT2D eigenvalue weighted by molar-refractivity contribution is 7.98. The van der Waals surface area contributed by atoms with Gasteiger partial charge in [-0.3, -0.25) is 4.79 Å². The van der Waals surface area contributed by atoms with Crippen molar-refractivity contribution in [1.82, 2.24) is 0 Å². The van der Waals surface area contributed by atoms with E-state index in [1.807, 2.05) is 36.6 Å². The minimum Gasteiger partial charge on any atom is -0.294 e. The summed E-state index contributed by atoms with van der Waals surface area (Å²) in [5.41, 5.74) is 4.38. The normalized spacial score (nSPS) is 10.5. The fourth-order valence-corrected chi connectivity index (χ4v) is 2.39. The van der Waals surface area contributed by atoms with Crippen LogP contribution in [0.1, 0.15) is 27.0 Å². The fraction of sp³-hybridized carbons (Fsp3) is 0.235. The van der Waals surface area contributed by atoms with Crippen molar-refractivity contribution in [2.45, 2.75) is 25.2 Å². The Morgan fingerprint density at radius 3 is 2.26 bits per heavy atom. The number of rotatable bonds is 4. The maximum absolute atomic E-state index is 12.2. The predicted octanol–water partition coefficient (Wildman–Crippen LogP) is 4.45. The van der Waals surface area contributed by atoms with E-state index in [9.17, 15) is 4.79 Å². The zero-order chi connectivity index (χ0) is 13.8. The number of carbonyl (C=O) groups is 1. The van der Waals surface area contributed by atoms with Gasteiger partial charge in [-0.05, 0) is 48.9 Å². The summed E-state index contributed by atoms with van der Waals surface area (Å²) in [4.78, 5) is 13.4. The number of benzene rings is 2. The van der Waals surface area contributed by atoms with Crippen LogP contribution in [0.4, 0.5) is 0 Å². The Labute approximate surface area is 119 Å². The molecule has 0 spiro atoms. The molecular weight excluding hydrogens is 252 g/mol. The SMILES string of the molecule is CSc1ccc(C(=O)Cc2ccc(C)c(C)c2)cc1. The minimum absolute atomic E-state index is 0.177. The minimum atomic E-state index is 0.177. The van der Waals surface area contributed by atoms with Crippen LogP contribution in [-0.4, -0.2) is 12.0 Å². The zero-order valence-corrected chi connectivity index (χ0v) is 12.4. The van der Waals surface area contributed by atoms with E-state index >= 15 is 0 Å². The maximum atomic E-state index is 12.2. The lowest BCUT2D eigenvalue weighted by Crippen LogP contribution is -2.03. The van der Waals surface area contributed by atoms with Crippen molar-refractivity contribution in [2.24, 2.45) is 0 Å². The summed E-state index contributed by atoms with van der Waals surface area (Å²) in [5.74, 6) is 0.177. The lowest BCUT2D eigenvalue weighted by atomic mass is 10.00. The van der Waals surface area contributed by atoms with Gasteiger partial charge in [0.05, 0.1) is 0 Å². The second kappa shape index (κ2) is 6.07. The van der Waals surface area contributed by atoms with Crippen LogP contribution in [-0.2, 0) is 6.42 Å². The first-order chi connectivity index (χ1) is 9.10. The molecule has 0 aliphatic rings. The molecule has 0 amide bonds. The number of Topliss-reactive ketones (excluding diaryl/α,β-unsaturated/α-hetero) is 1. The van der Waals surface area contributed by atoms with Crippen LogP contribution in [0.25, 0.3) is 0 Å². The average Bonchev–Trinajstić information content (AvgIpc) is 2.43. The van der Waals surface area contributed by atoms with E-state index in [1.54, 1.807) is 11.8 Å². The van der Waals surface area contributed by atoms with Crippen LogP contribution in [0.2, 0.25) is 0 Å². The van der Waals surface area contributed by atoms with E-state index in [0.717, 1.165) is 11.1 Å². The molecule has 0 heterocycles. The summed E-state index contributed by atoms with van der Waals surface area (Å²) in [6.45, 7) is 4.17. The van der Waals surface area contributed by atoms with E-state index in [-0.39, 0.29) is 5.78 Å². The molecule has 0 saturated heterocycles. The Balaban J connectivity index is 2.13. The number of hydrogen-bond acceptors (Lipinski definition) is 2. The van der Waals surface area contributed by atoms with Gasteiger partial charge in [-0.15, -0.1) is 11.8 Å². The third-order valence-electron chi connectivity index (χ3n) is 3.35. The van der Waals surface area contributed by atoms with Gasteiger partial charge in [0.15, 0.2) is 5.78 Å². The Hall–Kier alpha value is -1.54. The first-order valence-corrected chi connectivity index (χ1v) is 7.56. The highest BCUT2D eigenvalue weighted by Crippen LogP contribution is 2.17. The van der Waals surface area contributed by atoms with Gasteiger partial charge in [0, 0.05) is 16.9 Å². The molecule has 0 bridgehead atoms. The molecule has 0 saturated carbocycles. The maximum Gasteiger partial charge on any atom is 0.167 e. The van der Waals surface area contributed by atoms with Crippen LogP contribution in [0.3, 0.4) is 0 Å². The summed E-state index contributed by atoms with van der Waals surface area (Å²) in [6, 6.07) is 14.0. The van der Waals surface area contributed by atoms with E-state index < -0.39 is 0 Å². The molecule has 0 N–H and O–H groups in total. The third-order valence-corrected chi connectivity index (χ3v) is 4.09. The van der Waals surface area contributed by atoms with Crippen LogP contribution in [0.5, 0.6) is 0 Å². The first kappa shape index (κ1) is 13.9. The lowest BCUT2D eigenvalue weighted by Gasteiger charge is -2.05. The lowest BCUT2D eigenvalue weighted by molar-refractivity contribution is 0.0993. The summed E-state index contributed by atoms with van der Waals surface area (Å²) in [5, 5.41) is 0. The number of carbonyl (C=O) groups excluding carboxylic acids is 1. The molecule has 2 heteroatoms. The molecule has 0 aliphatic carbocycles. The zero-order valence-electron chi connectivity index (χ0n) is 11.6. The first-order valence-electron chi connectivity index (χ1n) is 6.33. The second-order valence-corrected chi connectivity index (χ2v) is 5.63. The van der Waals surface area contributed by atoms with Crippen LogP contribution in [0.15, 0.2) is 47.4 Å². The molecule has 19 heavy (non-hydrogen) atoms. The average molecular weight is 270 g/mol. The van der Waals surface area contributed by atoms with Gasteiger partial charge in [-0.25, -0.2) is 0 Å². The molecule has 2 aromatic rings. The summed E-state index contributed by atoms with van der Waals surface area (Å²) in [6.07, 6.45) is 2.51. The molecular formula is C17H18OS. The summed E-state index contributed by atoms with van der Waals surface area (Å²) < 4.78 is 0. The molecule has 0 atom stereocenters. The monoisotopic (exact) mass is 270 g/mol. The predicted molar refractivity (Wildman–Crippen MR) is 82.2 cm³/mol. The smallest absolute Gasteiger partial charge is 0.167 e. The molecule has 0 aromatic heterocycles. The molecule has 0 radical (unpaired) electrons. The summed E-state index contributed by atoms with van der Waals surface area (Å²) in [7, 11) is 0. The Bertz CT molecular complexity index is 585. The molecule has 2 aromatic carbocycles. The summed E-state index contributed by atoms with van der Waals surface area (Å²) >= 11 is 1.69. The Morgan fingerprint density at radius 2 is 1.68 bits per heavy atom. The largest absolute Gasteiger partial charge is 0.294 e. The van der Waals surface area contributed by atoms with Gasteiger partial charge in [-0.2, -0.15) is 0 Å². The number of aryl methyl sites for hydroxylation is 2. The third kappa shape index (κ3) is 3.48. The Morgan fingerprint density at radius 1 is 1.00 bits per heavy atom. The Kier molecular flexibility index (Phi) is 4.43. The van der Waals surface area contributed by atoms with Crippen LogP contribution >= 0.6 is 11.8 Å². The van der Waals surface area contributed by atoms with Crippen LogP contribution < -0.4 is 0 Å². The topological polar surface area (TPSA) is 17.1 Å². The molecule has 98 valence electrons. The fourth-order valence-electron chi connectivity index (χ4n) is 1.98. The van der Waals surface area contributed by atoms with Crippen molar-refractivity contribution in [1.29, 1.82) is 0 Å². The molecule has 1 nitrogen and oxygen atoms in total. The number of ketones is 1.